The number of fused-ring (bicyclic) bond motifs is 1. The number of aromatic nitrogens is 4. The smallest absolute Gasteiger partial charge is 0.324 e. The Morgan fingerprint density at radius 2 is 1.85 bits per heavy atom. The Labute approximate surface area is 145 Å². The molecule has 3 rings (SSSR count). The maximum atomic E-state index is 13.3. The second-order valence-electron chi connectivity index (χ2n) is 5.82. The molecular formula is C16H15F2N5O3. The summed E-state index contributed by atoms with van der Waals surface area (Å²) < 4.78 is 29.7. The molecule has 26 heavy (non-hydrogen) atoms. The molecule has 1 N–H and O–H groups in total. The van der Waals surface area contributed by atoms with E-state index in [0.717, 1.165) is 16.7 Å². The molecule has 0 saturated heterocycles. The molecule has 0 saturated carbocycles. The maximum absolute atomic E-state index is 13.3. The number of halogens is 2. The highest BCUT2D eigenvalue weighted by Crippen LogP contribution is 2.17. The van der Waals surface area contributed by atoms with Crippen molar-refractivity contribution in [2.24, 2.45) is 14.1 Å². The monoisotopic (exact) mass is 363 g/mol. The van der Waals surface area contributed by atoms with Crippen LogP contribution in [0.15, 0.2) is 34.1 Å². The van der Waals surface area contributed by atoms with E-state index in [-0.39, 0.29) is 16.9 Å². The lowest BCUT2D eigenvalue weighted by Gasteiger charge is -2.15. The van der Waals surface area contributed by atoms with Gasteiger partial charge in [0.05, 0.1) is 6.33 Å². The van der Waals surface area contributed by atoms with Crippen LogP contribution in [0.1, 0.15) is 13.0 Å². The molecule has 136 valence electrons. The lowest BCUT2D eigenvalue weighted by molar-refractivity contribution is -0.118. The first-order valence-corrected chi connectivity index (χ1v) is 7.61. The Kier molecular flexibility index (Phi) is 4.18. The van der Waals surface area contributed by atoms with Crippen LogP contribution in [-0.2, 0) is 18.9 Å². The van der Waals surface area contributed by atoms with Crippen LogP contribution in [0.3, 0.4) is 0 Å². The Hall–Kier alpha value is -3.30. The number of hydrogen-bond donors (Lipinski definition) is 1. The van der Waals surface area contributed by atoms with Gasteiger partial charge < -0.3 is 9.88 Å². The quantitative estimate of drug-likeness (QED) is 0.749. The van der Waals surface area contributed by atoms with Crippen molar-refractivity contribution < 1.29 is 13.6 Å². The van der Waals surface area contributed by atoms with Gasteiger partial charge in [-0.1, -0.05) is 0 Å². The molecule has 0 radical (unpaired) electrons. The normalized spacial score (nSPS) is 12.3. The first kappa shape index (κ1) is 17.5. The van der Waals surface area contributed by atoms with Crippen molar-refractivity contribution >= 4 is 22.8 Å². The third-order valence-corrected chi connectivity index (χ3v) is 4.16. The Balaban J connectivity index is 2.01. The van der Waals surface area contributed by atoms with Gasteiger partial charge in [-0.2, -0.15) is 0 Å². The summed E-state index contributed by atoms with van der Waals surface area (Å²) >= 11 is 0. The van der Waals surface area contributed by atoms with Crippen LogP contribution in [0.5, 0.6) is 0 Å². The molecule has 0 aliphatic rings. The van der Waals surface area contributed by atoms with Crippen molar-refractivity contribution in [3.05, 3.63) is 57.0 Å². The van der Waals surface area contributed by atoms with Gasteiger partial charge in [0.2, 0.25) is 5.91 Å². The van der Waals surface area contributed by atoms with E-state index >= 15 is 0 Å². The van der Waals surface area contributed by atoms with E-state index in [1.165, 1.54) is 42.5 Å². The number of rotatable bonds is 3. The van der Waals surface area contributed by atoms with E-state index in [9.17, 15) is 23.2 Å². The Bertz CT molecular complexity index is 1150. The van der Waals surface area contributed by atoms with Crippen LogP contribution < -0.4 is 16.6 Å². The molecule has 2 heterocycles. The second kappa shape index (κ2) is 6.21. The summed E-state index contributed by atoms with van der Waals surface area (Å²) in [6.45, 7) is 1.51. The predicted octanol–water partition coefficient (Wildman–Crippen LogP) is 0.912. The largest absolute Gasteiger partial charge is 0.332 e. The fraction of sp³-hybridized carbons (Fsp3) is 0.250. The van der Waals surface area contributed by atoms with Crippen molar-refractivity contribution in [2.45, 2.75) is 13.0 Å². The topological polar surface area (TPSA) is 90.9 Å². The molecule has 8 nitrogen and oxygen atoms in total. The first-order valence-electron chi connectivity index (χ1n) is 7.61. The number of hydrogen-bond acceptors (Lipinski definition) is 4. The van der Waals surface area contributed by atoms with E-state index < -0.39 is 34.8 Å². The van der Waals surface area contributed by atoms with Crippen molar-refractivity contribution in [1.29, 1.82) is 0 Å². The molecule has 1 aromatic carbocycles. The average molecular weight is 363 g/mol. The number of imidazole rings is 1. The highest BCUT2D eigenvalue weighted by atomic mass is 19.2. The standard InChI is InChI=1S/C16H15F2N5O3/c1-8(14(24)20-9-4-5-10(17)11(18)6-9)23-7-19-13-12(23)15(25)22(3)16(26)21(13)2/h4-8H,1-3H3,(H,20,24). The van der Waals surface area contributed by atoms with Crippen LogP contribution in [0, 0.1) is 11.6 Å². The summed E-state index contributed by atoms with van der Waals surface area (Å²) in [4.78, 5) is 40.9. The van der Waals surface area contributed by atoms with Crippen LogP contribution in [-0.4, -0.2) is 24.6 Å². The van der Waals surface area contributed by atoms with E-state index in [0.29, 0.717) is 0 Å². The van der Waals surface area contributed by atoms with Crippen LogP contribution in [0.4, 0.5) is 14.5 Å². The molecule has 10 heteroatoms. The van der Waals surface area contributed by atoms with Crippen molar-refractivity contribution in [1.82, 2.24) is 18.7 Å². The van der Waals surface area contributed by atoms with E-state index in [4.69, 9.17) is 0 Å². The fourth-order valence-corrected chi connectivity index (χ4v) is 2.60. The third kappa shape index (κ3) is 2.68. The number of carbonyl (C=O) groups is 1. The SMILES string of the molecule is CC(C(=O)Nc1ccc(F)c(F)c1)n1cnc2c1c(=O)n(C)c(=O)n2C. The third-order valence-electron chi connectivity index (χ3n) is 4.16. The van der Waals surface area contributed by atoms with E-state index in [1.54, 1.807) is 0 Å². The van der Waals surface area contributed by atoms with Crippen LogP contribution in [0.25, 0.3) is 11.2 Å². The van der Waals surface area contributed by atoms with Gasteiger partial charge in [0, 0.05) is 25.8 Å². The second-order valence-corrected chi connectivity index (χ2v) is 5.82. The number of nitrogens with one attached hydrogen (secondary N) is 1. The van der Waals surface area contributed by atoms with Crippen molar-refractivity contribution in [3.8, 4) is 0 Å². The van der Waals surface area contributed by atoms with Gasteiger partial charge in [-0.3, -0.25) is 18.7 Å². The predicted molar refractivity (Wildman–Crippen MR) is 89.9 cm³/mol. The number of aryl methyl sites for hydroxylation is 1. The van der Waals surface area contributed by atoms with E-state index in [1.807, 2.05) is 0 Å². The maximum Gasteiger partial charge on any atom is 0.332 e. The summed E-state index contributed by atoms with van der Waals surface area (Å²) in [6, 6.07) is 2.08. The number of anilines is 1. The van der Waals surface area contributed by atoms with E-state index in [2.05, 4.69) is 10.3 Å². The summed E-state index contributed by atoms with van der Waals surface area (Å²) in [7, 11) is 2.79. The highest BCUT2D eigenvalue weighted by Gasteiger charge is 2.22. The summed E-state index contributed by atoms with van der Waals surface area (Å²) in [6.07, 6.45) is 1.28. The molecule has 1 amide bonds. The highest BCUT2D eigenvalue weighted by molar-refractivity contribution is 5.94. The van der Waals surface area contributed by atoms with Crippen LogP contribution >= 0.6 is 0 Å². The lowest BCUT2D eigenvalue weighted by atomic mass is 10.2. The number of benzene rings is 1. The molecule has 2 aromatic heterocycles. The van der Waals surface area contributed by atoms with Gasteiger partial charge in [0.15, 0.2) is 22.8 Å². The molecule has 3 aromatic rings. The molecule has 0 aliphatic heterocycles. The average Bonchev–Trinajstić information content (AvgIpc) is 3.05. The molecule has 0 fully saturated rings. The summed E-state index contributed by atoms with van der Waals surface area (Å²) in [5.41, 5.74) is -0.821. The lowest BCUT2D eigenvalue weighted by Crippen LogP contribution is -2.38. The van der Waals surface area contributed by atoms with Crippen LogP contribution in [0.2, 0.25) is 0 Å². The van der Waals surface area contributed by atoms with Gasteiger partial charge in [0.25, 0.3) is 5.56 Å². The zero-order chi connectivity index (χ0) is 19.2. The minimum Gasteiger partial charge on any atom is -0.324 e. The van der Waals surface area contributed by atoms with Gasteiger partial charge in [-0.25, -0.2) is 18.6 Å². The molecule has 0 bridgehead atoms. The molecule has 0 aliphatic carbocycles. The molecular weight excluding hydrogens is 348 g/mol. The number of nitrogens with zero attached hydrogens (tertiary/aromatic N) is 4. The fourth-order valence-electron chi connectivity index (χ4n) is 2.60. The Morgan fingerprint density at radius 3 is 2.50 bits per heavy atom. The minimum atomic E-state index is -1.09. The van der Waals surface area contributed by atoms with Gasteiger partial charge in [-0.05, 0) is 19.1 Å². The van der Waals surface area contributed by atoms with Crippen molar-refractivity contribution in [3.63, 3.8) is 0 Å². The summed E-state index contributed by atoms with van der Waals surface area (Å²) in [5, 5.41) is 2.45. The van der Waals surface area contributed by atoms with Gasteiger partial charge in [-0.15, -0.1) is 0 Å². The first-order chi connectivity index (χ1) is 12.2. The molecule has 0 spiro atoms. The summed E-state index contributed by atoms with van der Waals surface area (Å²) in [5.74, 6) is -2.68. The Morgan fingerprint density at radius 1 is 1.15 bits per heavy atom. The number of carbonyl (C=O) groups excluding carboxylic acids is 1. The minimum absolute atomic E-state index is 0.0745. The zero-order valence-corrected chi connectivity index (χ0v) is 14.2. The molecule has 1 atom stereocenters. The number of amides is 1. The zero-order valence-electron chi connectivity index (χ0n) is 14.2. The van der Waals surface area contributed by atoms with Crippen molar-refractivity contribution in [2.75, 3.05) is 5.32 Å². The van der Waals surface area contributed by atoms with Gasteiger partial charge in [0.1, 0.15) is 6.04 Å². The van der Waals surface area contributed by atoms with Gasteiger partial charge >= 0.3 is 5.69 Å². The molecule has 1 unspecified atom stereocenters.